The molecule has 6 N–H and O–H groups in total. The van der Waals surface area contributed by atoms with Crippen molar-refractivity contribution in [1.82, 2.24) is 9.96 Å². The van der Waals surface area contributed by atoms with Crippen LogP contribution in [0.3, 0.4) is 0 Å². The van der Waals surface area contributed by atoms with Gasteiger partial charge in [0.05, 0.1) is 18.2 Å². The van der Waals surface area contributed by atoms with E-state index < -0.39 is 58.0 Å². The van der Waals surface area contributed by atoms with Crippen LogP contribution in [0, 0.1) is 11.8 Å². The fourth-order valence-electron chi connectivity index (χ4n) is 6.13. The van der Waals surface area contributed by atoms with Crippen LogP contribution in [0.15, 0.2) is 34.2 Å². The molecule has 216 valence electrons. The van der Waals surface area contributed by atoms with Gasteiger partial charge in [-0.3, -0.25) is 19.3 Å². The van der Waals surface area contributed by atoms with Gasteiger partial charge >= 0.3 is 0 Å². The van der Waals surface area contributed by atoms with E-state index in [4.69, 9.17) is 15.4 Å². The maximum atomic E-state index is 13.9. The highest BCUT2D eigenvalue weighted by molar-refractivity contribution is 6.24. The quantitative estimate of drug-likeness (QED) is 0.137. The first-order valence-electron chi connectivity index (χ1n) is 12.8. The van der Waals surface area contributed by atoms with Gasteiger partial charge in [0.2, 0.25) is 11.7 Å². The maximum absolute atomic E-state index is 13.9. The molecule has 1 fully saturated rings. The summed E-state index contributed by atoms with van der Waals surface area (Å²) >= 11 is 0. The van der Waals surface area contributed by atoms with Crippen molar-refractivity contribution in [1.29, 1.82) is 0 Å². The minimum atomic E-state index is -2.68. The van der Waals surface area contributed by atoms with Gasteiger partial charge in [-0.15, -0.1) is 5.06 Å². The van der Waals surface area contributed by atoms with E-state index in [-0.39, 0.29) is 42.2 Å². The van der Waals surface area contributed by atoms with Crippen LogP contribution in [0.4, 0.5) is 0 Å². The largest absolute Gasteiger partial charge is 0.508 e. The Hall–Kier alpha value is -3.94. The molecule has 1 aromatic rings. The molecule has 0 aliphatic heterocycles. The lowest BCUT2D eigenvalue weighted by atomic mass is 9.57. The number of amides is 1. The van der Waals surface area contributed by atoms with Gasteiger partial charge in [-0.05, 0) is 57.0 Å². The highest BCUT2D eigenvalue weighted by atomic mass is 16.7. The Kier molecular flexibility index (Phi) is 7.67. The fourth-order valence-corrected chi connectivity index (χ4v) is 6.13. The molecule has 0 spiro atoms. The summed E-state index contributed by atoms with van der Waals surface area (Å²) in [6.07, 6.45) is 0.186. The van der Waals surface area contributed by atoms with Crippen molar-refractivity contribution in [2.24, 2.45) is 22.7 Å². The molecule has 0 radical (unpaired) electrons. The van der Waals surface area contributed by atoms with E-state index in [2.05, 4.69) is 5.16 Å². The summed E-state index contributed by atoms with van der Waals surface area (Å²) in [6, 6.07) is 1.89. The fraction of sp³-hybridized carbons (Fsp3) is 0.481. The number of primary amides is 1. The van der Waals surface area contributed by atoms with Crippen LogP contribution in [0.5, 0.6) is 5.75 Å². The first kappa shape index (κ1) is 29.1. The molecule has 13 nitrogen and oxygen atoms in total. The minimum absolute atomic E-state index is 0.00726. The second-order valence-corrected chi connectivity index (χ2v) is 10.5. The summed E-state index contributed by atoms with van der Waals surface area (Å²) in [5.41, 5.74) is 2.87. The molecular weight excluding hydrogens is 524 g/mol. The normalized spacial score (nSPS) is 26.6. The molecule has 1 aromatic carbocycles. The molecule has 0 bridgehead atoms. The van der Waals surface area contributed by atoms with Crippen LogP contribution < -0.4 is 5.73 Å². The maximum Gasteiger partial charge on any atom is 0.255 e. The second-order valence-electron chi connectivity index (χ2n) is 10.5. The third-order valence-corrected chi connectivity index (χ3v) is 7.70. The second kappa shape index (κ2) is 10.6. The lowest BCUT2D eigenvalue weighted by Crippen LogP contribution is -2.65. The van der Waals surface area contributed by atoms with Gasteiger partial charge in [0.25, 0.3) is 5.91 Å². The number of ketones is 2. The number of rotatable bonds is 7. The van der Waals surface area contributed by atoms with E-state index in [1.807, 2.05) is 0 Å². The van der Waals surface area contributed by atoms with Gasteiger partial charge in [-0.2, -0.15) is 0 Å². The Labute approximate surface area is 230 Å². The Bertz CT molecular complexity index is 1370. The average Bonchev–Trinajstić information content (AvgIpc) is 2.86. The van der Waals surface area contributed by atoms with Crippen LogP contribution >= 0.6 is 0 Å². The van der Waals surface area contributed by atoms with Crippen molar-refractivity contribution in [3.05, 3.63) is 45.7 Å². The predicted octanol–water partition coefficient (Wildman–Crippen LogP) is 0.697. The number of aromatic hydroxyl groups is 1. The number of Topliss-reactive ketones (excluding diaryl/α,β-unsaturated/α-hetero) is 2. The third-order valence-electron chi connectivity index (χ3n) is 7.70. The Morgan fingerprint density at radius 1 is 1.20 bits per heavy atom. The standard InChI is InChI=1S/C27H34N4O9/c1-6-39-29-12(2)40-31(5)11-13-7-8-17(32)19-15(13)9-14-10-16-21(30(3)4)23(34)20(26(28)37)25(36)27(16,38)24(35)18(14)22(19)33/h7-8,14,16,21,32-33,36,38H,6,9-11H2,1-5H3,(H2,28,37)/b29-12+/t14-,16-,21+,27-/m0/s1. The molecule has 4 rings (SSSR count). The Morgan fingerprint density at radius 2 is 1.88 bits per heavy atom. The molecule has 4 atom stereocenters. The minimum Gasteiger partial charge on any atom is -0.508 e. The number of phenols is 1. The van der Waals surface area contributed by atoms with E-state index in [1.54, 1.807) is 41.1 Å². The van der Waals surface area contributed by atoms with Crippen molar-refractivity contribution < 1.29 is 44.5 Å². The van der Waals surface area contributed by atoms with Crippen molar-refractivity contribution in [3.8, 4) is 5.75 Å². The van der Waals surface area contributed by atoms with E-state index in [0.29, 0.717) is 17.7 Å². The molecule has 0 saturated heterocycles. The van der Waals surface area contributed by atoms with Gasteiger partial charge in [0.1, 0.15) is 29.4 Å². The molecule has 1 saturated carbocycles. The first-order valence-corrected chi connectivity index (χ1v) is 12.8. The number of likely N-dealkylation sites (N-methyl/N-ethyl adjacent to an activating group) is 1. The van der Waals surface area contributed by atoms with E-state index >= 15 is 0 Å². The van der Waals surface area contributed by atoms with Gasteiger partial charge in [-0.25, -0.2) is 0 Å². The number of fused-ring (bicyclic) bond motifs is 3. The average molecular weight is 559 g/mol. The number of nitrogens with two attached hydrogens (primary N) is 1. The van der Waals surface area contributed by atoms with Crippen molar-refractivity contribution in [3.63, 3.8) is 0 Å². The molecule has 40 heavy (non-hydrogen) atoms. The molecule has 1 amide bonds. The Balaban J connectivity index is 1.81. The van der Waals surface area contributed by atoms with Crippen LogP contribution in [0.2, 0.25) is 0 Å². The summed E-state index contributed by atoms with van der Waals surface area (Å²) in [5, 5.41) is 49.9. The number of carbonyl (C=O) groups excluding carboxylic acids is 3. The number of phenolic OH excluding ortho intramolecular Hbond substituents is 1. The van der Waals surface area contributed by atoms with Gasteiger partial charge in [0, 0.05) is 25.5 Å². The molecule has 0 unspecified atom stereocenters. The van der Waals surface area contributed by atoms with Gasteiger partial charge in [0.15, 0.2) is 11.4 Å². The van der Waals surface area contributed by atoms with Crippen LogP contribution in [0.1, 0.15) is 37.0 Å². The number of nitrogens with zero attached hydrogens (tertiary/aromatic N) is 3. The number of aliphatic hydroxyl groups excluding tert-OH is 2. The van der Waals surface area contributed by atoms with Crippen molar-refractivity contribution >= 4 is 29.1 Å². The highest BCUT2D eigenvalue weighted by Gasteiger charge is 2.64. The van der Waals surface area contributed by atoms with Crippen molar-refractivity contribution in [2.75, 3.05) is 27.7 Å². The third kappa shape index (κ3) is 4.49. The summed E-state index contributed by atoms with van der Waals surface area (Å²) < 4.78 is 0. The first-order chi connectivity index (χ1) is 18.7. The van der Waals surface area contributed by atoms with Crippen LogP contribution in [-0.2, 0) is 37.0 Å². The summed E-state index contributed by atoms with van der Waals surface area (Å²) in [7, 11) is 4.77. The number of hydrogen-bond donors (Lipinski definition) is 5. The predicted molar refractivity (Wildman–Crippen MR) is 142 cm³/mol. The number of hydrogen-bond acceptors (Lipinski definition) is 12. The number of benzene rings is 1. The summed E-state index contributed by atoms with van der Waals surface area (Å²) in [5.74, 6) is -6.64. The smallest absolute Gasteiger partial charge is 0.255 e. The van der Waals surface area contributed by atoms with Crippen LogP contribution in [0.25, 0.3) is 5.76 Å². The molecular formula is C27H34N4O9. The molecule has 0 heterocycles. The van der Waals surface area contributed by atoms with Crippen LogP contribution in [-0.4, -0.2) is 93.2 Å². The molecule has 0 aromatic heterocycles. The number of carbonyl (C=O) groups is 3. The zero-order valence-electron chi connectivity index (χ0n) is 23.0. The number of aliphatic hydroxyl groups is 3. The molecule has 13 heteroatoms. The van der Waals surface area contributed by atoms with Crippen molar-refractivity contribution in [2.45, 2.75) is 44.9 Å². The molecule has 3 aliphatic rings. The zero-order chi connectivity index (χ0) is 29.7. The van der Waals surface area contributed by atoms with E-state index in [1.165, 1.54) is 16.0 Å². The molecule has 3 aliphatic carbocycles. The number of oxime groups is 1. The Morgan fingerprint density at radius 3 is 2.48 bits per heavy atom. The summed E-state index contributed by atoms with van der Waals surface area (Å²) in [6.45, 7) is 3.99. The number of hydroxylamine groups is 2. The van der Waals surface area contributed by atoms with E-state index in [0.717, 1.165) is 0 Å². The summed E-state index contributed by atoms with van der Waals surface area (Å²) in [4.78, 5) is 51.3. The van der Waals surface area contributed by atoms with Gasteiger partial charge in [-0.1, -0.05) is 11.2 Å². The van der Waals surface area contributed by atoms with Gasteiger partial charge < -0.3 is 35.8 Å². The lowest BCUT2D eigenvalue weighted by Gasteiger charge is -2.50. The lowest BCUT2D eigenvalue weighted by molar-refractivity contribution is -0.153. The topological polar surface area (TPSA) is 195 Å². The van der Waals surface area contributed by atoms with E-state index in [9.17, 15) is 34.8 Å². The highest BCUT2D eigenvalue weighted by Crippen LogP contribution is 2.53. The zero-order valence-corrected chi connectivity index (χ0v) is 23.0. The monoisotopic (exact) mass is 558 g/mol. The SMILES string of the molecule is CCO/N=C(\C)ON(C)Cc1ccc(O)c2c1C[C@H]1C[C@H]3[C@@H](N(C)C)C(=O)C(C(N)=O)=C(O)[C@@]3(O)C(=O)C1=C2O.